The zero-order valence-electron chi connectivity index (χ0n) is 82.6. The molecule has 12 aromatic rings. The second-order valence-corrected chi connectivity index (χ2v) is 44.3. The number of piperidine rings is 2. The zero-order chi connectivity index (χ0) is 104. The van der Waals surface area contributed by atoms with E-state index < -0.39 is 42.9 Å². The minimum absolute atomic E-state index is 0.0342. The number of fused-ring (bicyclic) bond motifs is 4. The summed E-state index contributed by atoms with van der Waals surface area (Å²) in [6.07, 6.45) is 10.6. The summed E-state index contributed by atoms with van der Waals surface area (Å²) in [6, 6.07) is 7.64. The fourth-order valence-electron chi connectivity index (χ4n) is 16.7. The Balaban J connectivity index is 0.000000156. The Morgan fingerprint density at radius 2 is 0.846 bits per heavy atom. The Hall–Kier alpha value is -7.93. The topological polar surface area (TPSA) is 373 Å². The average molecular weight is 2300 g/mol. The molecule has 0 unspecified atom stereocenters. The molecule has 0 aromatic carbocycles. The van der Waals surface area contributed by atoms with Crippen LogP contribution in [0.25, 0.3) is 74.6 Å². The maximum Gasteiger partial charge on any atom is 0.531 e. The highest BCUT2D eigenvalue weighted by molar-refractivity contribution is 9.11. The molecule has 6 fully saturated rings. The number of ketones is 4. The van der Waals surface area contributed by atoms with Gasteiger partial charge in [0.2, 0.25) is 46.0 Å². The number of ether oxygens (including phenoxy) is 7. The van der Waals surface area contributed by atoms with Crippen LogP contribution in [0.15, 0.2) is 84.0 Å². The Bertz CT molecular complexity index is 6390. The number of nitrogens with one attached hydrogen (secondary N) is 2. The van der Waals surface area contributed by atoms with Gasteiger partial charge in [0, 0.05) is 175 Å². The van der Waals surface area contributed by atoms with E-state index in [2.05, 4.69) is 113 Å². The van der Waals surface area contributed by atoms with E-state index in [0.717, 1.165) is 195 Å². The number of halogens is 9. The molecule has 0 bridgehead atoms. The quantitative estimate of drug-likeness (QED) is 0.0248. The molecule has 0 spiro atoms. The monoisotopic (exact) mass is 2300 g/mol. The lowest BCUT2D eigenvalue weighted by molar-refractivity contribution is -0.898. The summed E-state index contributed by atoms with van der Waals surface area (Å²) in [7, 11) is 5.71. The number of hydrogen-bond acceptors (Lipinski definition) is 35. The fourth-order valence-corrected chi connectivity index (χ4v) is 23.0. The van der Waals surface area contributed by atoms with Gasteiger partial charge in [-0.1, -0.05) is 17.7 Å². The summed E-state index contributed by atoms with van der Waals surface area (Å²) in [5.41, 5.74) is 10.9. The highest BCUT2D eigenvalue weighted by atomic mass is 79.9. The molecule has 6 saturated heterocycles. The molecule has 0 amide bonds. The normalized spacial score (nSPS) is 17.2. The Morgan fingerprint density at radius 1 is 0.490 bits per heavy atom. The summed E-state index contributed by atoms with van der Waals surface area (Å²) < 4.78 is 92.1. The van der Waals surface area contributed by atoms with Crippen molar-refractivity contribution in [3.8, 4) is 57.3 Å². The van der Waals surface area contributed by atoms with E-state index in [4.69, 9.17) is 97.2 Å². The number of Topliss-reactive ketones (excluding diaryl/α,β-unsaturated/α-hetero) is 4. The number of thiophene rings is 4. The lowest BCUT2D eigenvalue weighted by atomic mass is 9.79. The van der Waals surface area contributed by atoms with Crippen molar-refractivity contribution in [3.05, 3.63) is 128 Å². The van der Waals surface area contributed by atoms with Crippen molar-refractivity contribution in [2.24, 2.45) is 11.8 Å². The SMILES string of the molecule is C1COCCN1.CC(C)(O)C1CC[NH+](C[B-](F)(F)F)CC1.COc1ncc(-c2nc(Cl)nc3c(Br)csc23)cc1CC(C)=O.COc1ncc(-c2nc(N3CCOCC3)nc3c(Br)csc23)cc1CC(C)=O.COc1ncc(-c2nc(N3CCOCC3)nc3c(CN4CCC(C(C)(C)O)CC4)csc23)cc1CC(C)=O.COc1ncc(B2OC(C)(C)C(C)(C)O2)cc1CC(C)=O.Clc1nc(Cl)c2scc(Br)c2n1. The van der Waals surface area contributed by atoms with Gasteiger partial charge in [0.25, 0.3) is 0 Å². The number of aromatic nitrogens is 12. The second-order valence-electron chi connectivity index (χ2n) is 37.2. The highest BCUT2D eigenvalue weighted by Gasteiger charge is 2.52. The van der Waals surface area contributed by atoms with E-state index >= 15 is 0 Å². The van der Waals surface area contributed by atoms with Crippen molar-refractivity contribution < 1.29 is 89.7 Å². The predicted molar refractivity (Wildman–Crippen MR) is 569 cm³/mol. The van der Waals surface area contributed by atoms with Gasteiger partial charge in [0.15, 0.2) is 5.15 Å². The van der Waals surface area contributed by atoms with E-state index in [-0.39, 0.29) is 65.3 Å². The summed E-state index contributed by atoms with van der Waals surface area (Å²) in [5.74, 6) is 3.86. The molecule has 0 atom stereocenters. The first-order chi connectivity index (χ1) is 67.8. The van der Waals surface area contributed by atoms with Gasteiger partial charge in [-0.2, -0.15) is 0 Å². The van der Waals surface area contributed by atoms with E-state index in [0.29, 0.717) is 109 Å². The molecular formula is C96H118B2Br3Cl3F3N17O15S4. The number of carbonyl (C=O) groups is 4. The van der Waals surface area contributed by atoms with Crippen LogP contribution in [0.2, 0.25) is 15.7 Å². The van der Waals surface area contributed by atoms with Crippen molar-refractivity contribution >= 4 is 223 Å². The number of morpholine rings is 3. The van der Waals surface area contributed by atoms with Crippen LogP contribution in [0.1, 0.15) is 137 Å². The fraction of sp³-hybridized carbons (Fsp3) is 0.500. The van der Waals surface area contributed by atoms with Gasteiger partial charge in [-0.05, 0) is 215 Å². The molecule has 6 aliphatic heterocycles. The van der Waals surface area contributed by atoms with Gasteiger partial charge in [0.1, 0.15) is 39.7 Å². The van der Waals surface area contributed by atoms with Crippen molar-refractivity contribution in [2.75, 3.05) is 150 Å². The van der Waals surface area contributed by atoms with Crippen LogP contribution in [0.5, 0.6) is 23.5 Å². The third-order valence-corrected chi connectivity index (χ3v) is 32.1. The van der Waals surface area contributed by atoms with Crippen LogP contribution >= 0.6 is 128 Å². The summed E-state index contributed by atoms with van der Waals surface area (Å²) in [6.45, 7) is 30.0. The van der Waals surface area contributed by atoms with Gasteiger partial charge in [0.05, 0.1) is 165 Å². The first-order valence-corrected chi connectivity index (χ1v) is 53.5. The number of rotatable bonds is 24. The van der Waals surface area contributed by atoms with Crippen molar-refractivity contribution in [2.45, 2.75) is 163 Å². The first-order valence-electron chi connectivity index (χ1n) is 46.5. The van der Waals surface area contributed by atoms with Crippen molar-refractivity contribution in [1.82, 2.24) is 70.0 Å². The Kier molecular flexibility index (Phi) is 40.8. The molecule has 4 N–H and O–H groups in total. The van der Waals surface area contributed by atoms with Crippen LogP contribution in [0.3, 0.4) is 0 Å². The Labute approximate surface area is 885 Å². The minimum Gasteiger partial charge on any atom is -0.481 e. The van der Waals surface area contributed by atoms with Gasteiger partial charge in [-0.3, -0.25) is 24.1 Å². The third kappa shape index (κ3) is 31.1. The van der Waals surface area contributed by atoms with Gasteiger partial charge < -0.3 is 85.6 Å². The lowest BCUT2D eigenvalue weighted by Crippen LogP contribution is -3.15. The highest BCUT2D eigenvalue weighted by Crippen LogP contribution is 2.44. The third-order valence-electron chi connectivity index (χ3n) is 24.7. The number of pyridine rings is 4. The van der Waals surface area contributed by atoms with Crippen LogP contribution < -0.4 is 44.4 Å². The Morgan fingerprint density at radius 3 is 1.24 bits per heavy atom. The number of anilines is 2. The van der Waals surface area contributed by atoms with Gasteiger partial charge >= 0.3 is 14.1 Å². The van der Waals surface area contributed by atoms with Gasteiger partial charge in [-0.25, -0.2) is 59.8 Å². The van der Waals surface area contributed by atoms with E-state index in [1.54, 1.807) is 103 Å². The number of hydrogen-bond donors (Lipinski definition) is 4. The number of aliphatic hydroxyl groups is 2. The smallest absolute Gasteiger partial charge is 0.481 e. The van der Waals surface area contributed by atoms with Crippen LogP contribution in [-0.4, -0.2) is 275 Å². The van der Waals surface area contributed by atoms with Crippen molar-refractivity contribution in [1.29, 1.82) is 0 Å². The maximum atomic E-state index is 12.2. The largest absolute Gasteiger partial charge is 0.531 e. The number of methoxy groups -OCH3 is 4. The molecule has 32 nitrogen and oxygen atoms in total. The molecular weight excluding hydrogens is 2180 g/mol. The number of carbonyl (C=O) groups excluding carboxylic acids is 4. The molecule has 0 aliphatic carbocycles. The van der Waals surface area contributed by atoms with Crippen LogP contribution in [0.4, 0.5) is 24.8 Å². The minimum atomic E-state index is -4.68. The van der Waals surface area contributed by atoms with Crippen LogP contribution in [0, 0.1) is 11.8 Å². The predicted octanol–water partition coefficient (Wildman–Crippen LogP) is 16.8. The maximum absolute atomic E-state index is 12.2. The molecule has 0 radical (unpaired) electrons. The molecule has 770 valence electrons. The van der Waals surface area contributed by atoms with Crippen LogP contribution in [-0.2, 0) is 74.9 Å². The zero-order valence-corrected chi connectivity index (χ0v) is 92.9. The molecule has 143 heavy (non-hydrogen) atoms. The summed E-state index contributed by atoms with van der Waals surface area (Å²) in [4.78, 5) is 107. The summed E-state index contributed by atoms with van der Waals surface area (Å²) in [5, 5.41) is 32.1. The van der Waals surface area contributed by atoms with E-state index in [1.165, 1.54) is 42.3 Å². The summed E-state index contributed by atoms with van der Waals surface area (Å²) >= 11 is 34.1. The first kappa shape index (κ1) is 114. The molecule has 6 aliphatic rings. The molecule has 12 aromatic heterocycles. The lowest BCUT2D eigenvalue weighted by Gasteiger charge is -2.37. The standard InChI is InChI=1S/C28H37N5O4S.C19H19BrN4O3S.C15H22BNO4.C15H11BrClN3O2S.C9H18BF3NO.C6HBrCl2N2S.C4H9NO/c1-18(34)13-19-14-20(15-29-26(19)36-4)23-25-24(31-27(30-23)33-9-11-37-12-10-33)21(17-38-25)16-32-7-5-22(6-8-32)28(2,3)35;1-11(25)7-12-8-13(9-21-18(12)26-2)15-17-16(14(20)10-28-17)23-19(22-15)24-3-5-27-6-4-24;1-10(18)7-11-8-12(9-17-13(11)19-6)16-20-14(2,3)15(4,5)21-16;1-7(21)3-8-4-9(5-18-14(8)22-2)11-13-12(10(16)6-23-13)20-15(17)19-11;1-9(2,15)8-3-5-14(6-4-8)7-10(11,12)13;7-2-1-12-4-3(2)10-6(9)11-5(4)8;1-3-6-4-2-5-1/h14-15,17,22,35H,5-13,16H2,1-4H3;8-10H,3-7H2,1-2H3;8-9H,7H2,1-6H3;4-6H,3H2,1-2H3;8,15H,3-7H2,1-2H3;1H;5H,1-4H2/q;;;;-1;;/p+1. The average Bonchev–Trinajstić information content (AvgIpc) is 1.65. The molecule has 47 heteroatoms. The van der Waals surface area contributed by atoms with E-state index in [1.807, 2.05) is 81.9 Å². The number of quaternary nitrogens is 1. The molecule has 18 heterocycles. The van der Waals surface area contributed by atoms with Gasteiger partial charge in [-0.15, -0.1) is 45.3 Å². The van der Waals surface area contributed by atoms with E-state index in [9.17, 15) is 42.3 Å². The second kappa shape index (κ2) is 51.3. The van der Waals surface area contributed by atoms with Crippen molar-refractivity contribution in [3.63, 3.8) is 0 Å². The number of likely N-dealkylation sites (tertiary alicyclic amines) is 2. The molecule has 18 rings (SSSR count). The number of nitrogens with zero attached hydrogens (tertiary/aromatic N) is 15. The molecule has 0 saturated carbocycles.